The van der Waals surface area contributed by atoms with Crippen LogP contribution in [-0.2, 0) is 0 Å². The maximum atomic E-state index is 4.99. The average molecular weight is 1400 g/mol. The van der Waals surface area contributed by atoms with Crippen LogP contribution in [0.15, 0.2) is 0 Å². The van der Waals surface area contributed by atoms with E-state index >= 15 is 0 Å². The molecule has 2 heteroatoms. The third-order valence-corrected chi connectivity index (χ3v) is 7.76. The average Bonchev–Trinajstić information content (AvgIpc) is 0.914. The van der Waals surface area contributed by atoms with Gasteiger partial charge in [-0.2, -0.15) is 0 Å². The molecule has 0 aliphatic rings. The monoisotopic (exact) mass is 1400 g/mol. The highest BCUT2D eigenvalue weighted by Gasteiger charge is 2.24. The summed E-state index contributed by atoms with van der Waals surface area (Å²) in [4.78, 5) is 0. The van der Waals surface area contributed by atoms with E-state index in [9.17, 15) is 0 Å². The van der Waals surface area contributed by atoms with Gasteiger partial charge in [0.1, 0.15) is 0 Å². The van der Waals surface area contributed by atoms with Crippen molar-refractivity contribution in [1.29, 1.82) is 0 Å². The number of hydrogen-bond acceptors (Lipinski definition) is 0. The van der Waals surface area contributed by atoms with Crippen LogP contribution < -0.4 is 0 Å². The lowest BCUT2D eigenvalue weighted by molar-refractivity contribution is 1.92. The number of terminal acetylenes is 2. The van der Waals surface area contributed by atoms with Crippen LogP contribution in [0.3, 0.4) is 0 Å². The van der Waals surface area contributed by atoms with Crippen LogP contribution in [0.4, 0.5) is 0 Å². The SMILES string of the molecule is C#CC#CC#CC#CC#CC#CC#CC#CC#CC#CC#CC#CC#CC#CB(C#CC#CC#CC#CC#CC#CC#CC#CC#CC#CC#CC#CC#CC#C)B(C#CC#CC#CC#CC#CC#CC#CC#CC#CC#CC#CC#CC#CC#CC)C#CC#CC#CC#CC#CC#CC#CC#CC#CC#CC#CC#CC#CC#CC. The zero-order valence-electron chi connectivity index (χ0n) is 59.3. The molecular weight excluding hydrogens is 1390 g/mol. The molecule has 0 bridgehead atoms. The molecule has 0 rings (SSSR count). The van der Waals surface area contributed by atoms with Gasteiger partial charge in [0.15, 0.2) is 0 Å². The molecule has 0 aliphatic carbocycles. The third kappa shape index (κ3) is 80.2. The summed E-state index contributed by atoms with van der Waals surface area (Å²) in [6.07, 6.45) is 9.99. The predicted octanol–water partition coefficient (Wildman–Crippen LogP) is 0.701. The van der Waals surface area contributed by atoms with Crippen LogP contribution in [0.1, 0.15) is 13.8 Å². The Hall–Kier alpha value is -24.5. The van der Waals surface area contributed by atoms with Crippen molar-refractivity contribution in [2.75, 3.05) is 0 Å². The molecule has 470 valence electrons. The molecule has 0 aromatic heterocycles. The Morgan fingerprint density at radius 2 is 0.164 bits per heavy atom. The molecule has 0 unspecified atom stereocenters. The molecule has 0 N–H and O–H groups in total. The van der Waals surface area contributed by atoms with Gasteiger partial charge in [0.25, 0.3) is 0 Å². The first-order chi connectivity index (χ1) is 57.8. The summed E-state index contributed by atoms with van der Waals surface area (Å²) in [7, 11) is 0. The van der Waals surface area contributed by atoms with E-state index in [0.29, 0.717) is 0 Å². The van der Waals surface area contributed by atoms with E-state index in [1.807, 2.05) is 0 Å². The Kier molecular flexibility index (Phi) is 68.3. The van der Waals surface area contributed by atoms with Crippen LogP contribution in [0.2, 0.25) is 0 Å². The summed E-state index contributed by atoms with van der Waals surface area (Å²) in [5.41, 5.74) is 0. The minimum Gasteiger partial charge on any atom is -0.130 e. The highest BCUT2D eigenvalue weighted by Crippen LogP contribution is 1.88. The second-order valence-corrected chi connectivity index (χ2v) is 15.1. The van der Waals surface area contributed by atoms with Crippen molar-refractivity contribution in [3.05, 3.63) is 0 Å². The maximum Gasteiger partial charge on any atom is 0.317 e. The zero-order valence-corrected chi connectivity index (χ0v) is 59.3. The van der Waals surface area contributed by atoms with Gasteiger partial charge >= 0.3 is 13.2 Å². The largest absolute Gasteiger partial charge is 0.317 e. The van der Waals surface area contributed by atoms with E-state index in [1.165, 1.54) is 0 Å². The van der Waals surface area contributed by atoms with Crippen molar-refractivity contribution < 1.29 is 0 Å². The van der Waals surface area contributed by atoms with E-state index in [0.717, 1.165) is 0 Å². The second kappa shape index (κ2) is 86.6. The molecule has 0 saturated heterocycles. The molecule has 0 amide bonds. The summed E-state index contributed by atoms with van der Waals surface area (Å²) >= 11 is 0. The van der Waals surface area contributed by atoms with Crippen molar-refractivity contribution in [3.63, 3.8) is 0 Å². The first-order valence-corrected chi connectivity index (χ1v) is 29.6. The summed E-state index contributed by atoms with van der Waals surface area (Å²) in [5.74, 6) is 278. The minimum atomic E-state index is -0.942. The molecule has 0 heterocycles. The van der Waals surface area contributed by atoms with Crippen molar-refractivity contribution in [2.45, 2.75) is 13.8 Å². The summed E-state index contributed by atoms with van der Waals surface area (Å²) in [6, 6.07) is 0. The molecule has 0 saturated carbocycles. The van der Waals surface area contributed by atoms with E-state index in [4.69, 9.17) is 12.8 Å². The fourth-order valence-corrected chi connectivity index (χ4v) is 4.00. The molecule has 0 aliphatic heterocycles. The fraction of sp³-hybridized carbons (Fsp3) is 0.0175. The van der Waals surface area contributed by atoms with Crippen molar-refractivity contribution in [1.82, 2.24) is 0 Å². The molecule has 0 aromatic carbocycles. The van der Waals surface area contributed by atoms with E-state index in [2.05, 4.69) is 651 Å². The first-order valence-electron chi connectivity index (χ1n) is 29.6. The van der Waals surface area contributed by atoms with E-state index in [1.54, 1.807) is 13.8 Å². The number of rotatable bonds is 1. The van der Waals surface area contributed by atoms with Gasteiger partial charge in [0.2, 0.25) is 0 Å². The van der Waals surface area contributed by atoms with Gasteiger partial charge in [0, 0.05) is 237 Å². The molecular formula is C114H8B2. The highest BCUT2D eigenvalue weighted by atomic mass is 13.7. The molecule has 0 spiro atoms. The van der Waals surface area contributed by atoms with Crippen LogP contribution in [0, 0.1) is 664 Å². The topological polar surface area (TPSA) is 0 Å². The Bertz CT molecular complexity index is 7740. The Morgan fingerprint density at radius 3 is 0.241 bits per heavy atom. The number of hydrogen-bond donors (Lipinski definition) is 0. The standard InChI is InChI=1S/C114H8B2/c1-5-9-13-17-21-25-29-33-37-41-45-49-53-57-61-65-69-73-77-81-85-89-93-97-101-105-109-113-116(114-110-106-102-98-94-90-86-82-78-74-70-66-62-58-54-50-46-42-38-34-30-26-22-18-14-10-6-2)115(111-107-103-99-95-91-87-83-79-75-71-67-63-59-55-51-47-43-39-35-31-27-23-19-15-11-7-3)112-108-104-100-96-92-88-84-80-76-72-68-64-60-56-52-48-44-40-36-32-28-24-20-16-12-8-4/h3-4H,1-2H3. The fourth-order valence-electron chi connectivity index (χ4n) is 4.00. The normalized spacial score (nSPS) is 4.17. The van der Waals surface area contributed by atoms with Crippen molar-refractivity contribution in [2.24, 2.45) is 0 Å². The molecule has 116 heavy (non-hydrogen) atoms. The lowest BCUT2D eigenvalue weighted by Crippen LogP contribution is -2.32. The van der Waals surface area contributed by atoms with E-state index < -0.39 is 13.2 Å². The zero-order chi connectivity index (χ0) is 82.9. The summed E-state index contributed by atoms with van der Waals surface area (Å²) in [6.45, 7) is 1.46. The van der Waals surface area contributed by atoms with Gasteiger partial charge in [-0.3, -0.25) is 0 Å². The summed E-state index contributed by atoms with van der Waals surface area (Å²) < 4.78 is 0. The van der Waals surface area contributed by atoms with Crippen molar-refractivity contribution >= 4 is 13.2 Å². The lowest BCUT2D eigenvalue weighted by Gasteiger charge is -1.95. The lowest BCUT2D eigenvalue weighted by atomic mass is 9.10. The predicted molar refractivity (Wildman–Crippen MR) is 460 cm³/mol. The Morgan fingerprint density at radius 1 is 0.0948 bits per heavy atom. The smallest absolute Gasteiger partial charge is 0.130 e. The maximum absolute atomic E-state index is 4.99. The van der Waals surface area contributed by atoms with Crippen LogP contribution in [0.5, 0.6) is 0 Å². The van der Waals surface area contributed by atoms with Gasteiger partial charge in [-0.25, -0.2) is 0 Å². The van der Waals surface area contributed by atoms with Gasteiger partial charge in [-0.05, 0) is 393 Å². The Balaban J connectivity index is 7.28. The van der Waals surface area contributed by atoms with Crippen LogP contribution >= 0.6 is 0 Å². The second-order valence-electron chi connectivity index (χ2n) is 15.1. The Labute approximate surface area is 686 Å². The van der Waals surface area contributed by atoms with Gasteiger partial charge in [0.05, 0.1) is 0 Å². The van der Waals surface area contributed by atoms with Gasteiger partial charge in [-0.1, -0.05) is 11.8 Å². The molecule has 0 fully saturated rings. The third-order valence-electron chi connectivity index (χ3n) is 7.76. The quantitative estimate of drug-likeness (QED) is 0.269. The van der Waals surface area contributed by atoms with Crippen molar-refractivity contribution in [3.8, 4) is 664 Å². The van der Waals surface area contributed by atoms with Gasteiger partial charge in [-0.15, -0.1) is 36.1 Å². The molecule has 0 radical (unpaired) electrons. The molecule has 0 atom stereocenters. The van der Waals surface area contributed by atoms with E-state index in [-0.39, 0.29) is 0 Å². The van der Waals surface area contributed by atoms with Crippen LogP contribution in [0.25, 0.3) is 0 Å². The summed E-state index contributed by atoms with van der Waals surface area (Å²) in [5, 5.41) is 0. The van der Waals surface area contributed by atoms with Crippen LogP contribution in [-0.4, -0.2) is 13.2 Å². The van der Waals surface area contributed by atoms with Gasteiger partial charge < -0.3 is 0 Å². The minimum absolute atomic E-state index is 0.942. The first kappa shape index (κ1) is 91.5. The highest BCUT2D eigenvalue weighted by molar-refractivity contribution is 7.35. The molecule has 0 aromatic rings. The molecule has 0 nitrogen and oxygen atoms in total.